The van der Waals surface area contributed by atoms with Gasteiger partial charge < -0.3 is 4.57 Å². The van der Waals surface area contributed by atoms with Crippen molar-refractivity contribution < 1.29 is 0 Å². The fraction of sp³-hybridized carbons (Fsp3) is 0.636. The summed E-state index contributed by atoms with van der Waals surface area (Å²) in [4.78, 5) is 0. The van der Waals surface area contributed by atoms with Gasteiger partial charge in [0.15, 0.2) is 5.16 Å². The second kappa shape index (κ2) is 4.39. The van der Waals surface area contributed by atoms with Gasteiger partial charge in [-0.1, -0.05) is 31.7 Å². The molecule has 2 rings (SSSR count). The lowest BCUT2D eigenvalue weighted by Crippen LogP contribution is -2.03. The van der Waals surface area contributed by atoms with E-state index in [4.69, 9.17) is 0 Å². The molecule has 0 aromatic carbocycles. The highest BCUT2D eigenvalue weighted by atomic mass is 32.2. The van der Waals surface area contributed by atoms with Crippen LogP contribution in [0.2, 0.25) is 0 Å². The van der Waals surface area contributed by atoms with Crippen LogP contribution in [0, 0.1) is 0 Å². The molecular formula is C11H17N3S. The van der Waals surface area contributed by atoms with Crippen LogP contribution in [-0.4, -0.2) is 20.0 Å². The summed E-state index contributed by atoms with van der Waals surface area (Å²) in [6.07, 6.45) is 4.45. The van der Waals surface area contributed by atoms with Gasteiger partial charge in [0.2, 0.25) is 0 Å². The van der Waals surface area contributed by atoms with Crippen molar-refractivity contribution in [2.45, 2.75) is 49.6 Å². The summed E-state index contributed by atoms with van der Waals surface area (Å²) in [5.41, 5.74) is 0. The number of allylic oxidation sites excluding steroid dienone is 1. The second-order valence-corrected chi connectivity index (χ2v) is 5.72. The van der Waals surface area contributed by atoms with Crippen molar-refractivity contribution in [2.24, 2.45) is 0 Å². The van der Waals surface area contributed by atoms with Crippen molar-refractivity contribution in [2.75, 3.05) is 0 Å². The van der Waals surface area contributed by atoms with Gasteiger partial charge in [-0.2, -0.15) is 0 Å². The van der Waals surface area contributed by atoms with E-state index in [0.29, 0.717) is 11.2 Å². The molecule has 82 valence electrons. The number of aromatic nitrogens is 3. The van der Waals surface area contributed by atoms with E-state index in [2.05, 4.69) is 35.2 Å². The van der Waals surface area contributed by atoms with Crippen molar-refractivity contribution in [1.82, 2.24) is 14.8 Å². The summed E-state index contributed by atoms with van der Waals surface area (Å²) >= 11 is 1.77. The van der Waals surface area contributed by atoms with Crippen LogP contribution < -0.4 is 0 Å². The Morgan fingerprint density at radius 2 is 2.27 bits per heavy atom. The molecule has 4 heteroatoms. The third-order valence-electron chi connectivity index (χ3n) is 2.34. The molecule has 1 fully saturated rings. The Hall–Kier alpha value is -0.770. The van der Waals surface area contributed by atoms with E-state index in [-0.39, 0.29) is 0 Å². The summed E-state index contributed by atoms with van der Waals surface area (Å²) < 4.78 is 2.20. The SMILES string of the molecule is C=CCn1c(SC(C)C)nnc1C1CC1. The molecule has 0 aliphatic heterocycles. The Morgan fingerprint density at radius 3 is 2.80 bits per heavy atom. The van der Waals surface area contributed by atoms with Crippen LogP contribution in [0.15, 0.2) is 17.8 Å². The van der Waals surface area contributed by atoms with Crippen LogP contribution in [0.25, 0.3) is 0 Å². The van der Waals surface area contributed by atoms with Crippen LogP contribution in [0.4, 0.5) is 0 Å². The molecule has 3 nitrogen and oxygen atoms in total. The lowest BCUT2D eigenvalue weighted by Gasteiger charge is -2.08. The highest BCUT2D eigenvalue weighted by Crippen LogP contribution is 2.40. The fourth-order valence-electron chi connectivity index (χ4n) is 1.54. The van der Waals surface area contributed by atoms with E-state index in [0.717, 1.165) is 17.5 Å². The topological polar surface area (TPSA) is 30.7 Å². The van der Waals surface area contributed by atoms with Crippen LogP contribution in [0.5, 0.6) is 0 Å². The number of hydrogen-bond donors (Lipinski definition) is 0. The van der Waals surface area contributed by atoms with Crippen LogP contribution in [0.1, 0.15) is 38.4 Å². The summed E-state index contributed by atoms with van der Waals surface area (Å²) in [5, 5.41) is 10.1. The molecule has 0 unspecified atom stereocenters. The quantitative estimate of drug-likeness (QED) is 0.568. The number of thioether (sulfide) groups is 1. The first-order valence-corrected chi connectivity index (χ1v) is 6.31. The third kappa shape index (κ3) is 2.43. The summed E-state index contributed by atoms with van der Waals surface area (Å²) in [5.74, 6) is 1.80. The molecule has 1 aliphatic rings. The number of rotatable bonds is 5. The van der Waals surface area contributed by atoms with Gasteiger partial charge in [-0.25, -0.2) is 0 Å². The molecule has 15 heavy (non-hydrogen) atoms. The maximum absolute atomic E-state index is 4.29. The third-order valence-corrected chi connectivity index (χ3v) is 3.32. The first-order chi connectivity index (χ1) is 7.22. The summed E-state index contributed by atoms with van der Waals surface area (Å²) in [6, 6.07) is 0. The predicted octanol–water partition coefficient (Wildman–Crippen LogP) is 2.84. The maximum Gasteiger partial charge on any atom is 0.191 e. The Labute approximate surface area is 95.0 Å². The van der Waals surface area contributed by atoms with Crippen LogP contribution in [-0.2, 0) is 6.54 Å². The molecular weight excluding hydrogens is 206 g/mol. The van der Waals surface area contributed by atoms with E-state index in [1.807, 2.05) is 6.08 Å². The van der Waals surface area contributed by atoms with Gasteiger partial charge in [0.05, 0.1) is 0 Å². The minimum absolute atomic E-state index is 0.546. The zero-order valence-electron chi connectivity index (χ0n) is 9.31. The first-order valence-electron chi connectivity index (χ1n) is 5.43. The van der Waals surface area contributed by atoms with Crippen molar-refractivity contribution in [3.05, 3.63) is 18.5 Å². The molecule has 0 bridgehead atoms. The van der Waals surface area contributed by atoms with Crippen LogP contribution in [0.3, 0.4) is 0 Å². The molecule has 0 N–H and O–H groups in total. The smallest absolute Gasteiger partial charge is 0.191 e. The Bertz CT molecular complexity index is 353. The van der Waals surface area contributed by atoms with E-state index in [1.165, 1.54) is 12.8 Å². The largest absolute Gasteiger partial charge is 0.302 e. The minimum Gasteiger partial charge on any atom is -0.302 e. The molecule has 0 spiro atoms. The van der Waals surface area contributed by atoms with Gasteiger partial charge in [-0.3, -0.25) is 0 Å². The van der Waals surface area contributed by atoms with Gasteiger partial charge in [-0.05, 0) is 12.8 Å². The monoisotopic (exact) mass is 223 g/mol. The van der Waals surface area contributed by atoms with Gasteiger partial charge in [0.1, 0.15) is 5.82 Å². The van der Waals surface area contributed by atoms with Gasteiger partial charge in [0.25, 0.3) is 0 Å². The van der Waals surface area contributed by atoms with Gasteiger partial charge in [-0.15, -0.1) is 16.8 Å². The van der Waals surface area contributed by atoms with Crippen molar-refractivity contribution >= 4 is 11.8 Å². The average molecular weight is 223 g/mol. The minimum atomic E-state index is 0.546. The lowest BCUT2D eigenvalue weighted by molar-refractivity contribution is 0.680. The lowest BCUT2D eigenvalue weighted by atomic mass is 10.4. The highest BCUT2D eigenvalue weighted by molar-refractivity contribution is 7.99. The number of nitrogens with zero attached hydrogens (tertiary/aromatic N) is 3. The zero-order valence-corrected chi connectivity index (χ0v) is 10.1. The van der Waals surface area contributed by atoms with Crippen molar-refractivity contribution in [3.63, 3.8) is 0 Å². The van der Waals surface area contributed by atoms with E-state index >= 15 is 0 Å². The van der Waals surface area contributed by atoms with E-state index in [1.54, 1.807) is 11.8 Å². The van der Waals surface area contributed by atoms with Gasteiger partial charge in [0, 0.05) is 17.7 Å². The normalized spacial score (nSPS) is 15.9. The molecule has 1 saturated carbocycles. The zero-order chi connectivity index (χ0) is 10.8. The summed E-state index contributed by atoms with van der Waals surface area (Å²) in [6.45, 7) is 8.97. The Morgan fingerprint density at radius 1 is 1.53 bits per heavy atom. The van der Waals surface area contributed by atoms with Crippen LogP contribution >= 0.6 is 11.8 Å². The van der Waals surface area contributed by atoms with Crippen molar-refractivity contribution in [1.29, 1.82) is 0 Å². The molecule has 1 aromatic heterocycles. The molecule has 0 atom stereocenters. The van der Waals surface area contributed by atoms with Crippen molar-refractivity contribution in [3.8, 4) is 0 Å². The number of hydrogen-bond acceptors (Lipinski definition) is 3. The average Bonchev–Trinajstić information content (AvgIpc) is 2.93. The highest BCUT2D eigenvalue weighted by Gasteiger charge is 2.30. The fourth-order valence-corrected chi connectivity index (χ4v) is 2.35. The molecule has 0 saturated heterocycles. The van der Waals surface area contributed by atoms with Gasteiger partial charge >= 0.3 is 0 Å². The first kappa shape index (κ1) is 10.7. The summed E-state index contributed by atoms with van der Waals surface area (Å²) in [7, 11) is 0. The maximum atomic E-state index is 4.29. The predicted molar refractivity (Wildman–Crippen MR) is 63.2 cm³/mol. The molecule has 0 amide bonds. The van der Waals surface area contributed by atoms with E-state index in [9.17, 15) is 0 Å². The second-order valence-electron chi connectivity index (χ2n) is 4.18. The Balaban J connectivity index is 2.24. The molecule has 1 aromatic rings. The molecule has 0 radical (unpaired) electrons. The standard InChI is InChI=1S/C11H17N3S/c1-4-7-14-10(9-5-6-9)12-13-11(14)15-8(2)3/h4,8-9H,1,5-7H2,2-3H3. The molecule has 1 heterocycles. The van der Waals surface area contributed by atoms with E-state index < -0.39 is 0 Å². The molecule has 1 aliphatic carbocycles. The Kier molecular flexibility index (Phi) is 3.14.